The van der Waals surface area contributed by atoms with Gasteiger partial charge in [0.2, 0.25) is 0 Å². The summed E-state index contributed by atoms with van der Waals surface area (Å²) >= 11 is 0. The van der Waals surface area contributed by atoms with Gasteiger partial charge in [-0.05, 0) is 25.5 Å². The molecule has 1 fully saturated rings. The van der Waals surface area contributed by atoms with Crippen molar-refractivity contribution in [3.05, 3.63) is 29.8 Å². The molecule has 0 amide bonds. The summed E-state index contributed by atoms with van der Waals surface area (Å²) in [5, 5.41) is 0. The van der Waals surface area contributed by atoms with Gasteiger partial charge in [0.15, 0.2) is 0 Å². The SMILES string of the molecule is CC(C)N1CCN(Cc2ccccc2N)CC1. The first kappa shape index (κ1) is 12.4. The number of nitrogens with two attached hydrogens (primary N) is 1. The van der Waals surface area contributed by atoms with Crippen molar-refractivity contribution in [1.82, 2.24) is 9.80 Å². The molecule has 1 aromatic carbocycles. The van der Waals surface area contributed by atoms with E-state index in [1.54, 1.807) is 0 Å². The van der Waals surface area contributed by atoms with Gasteiger partial charge in [0.25, 0.3) is 0 Å². The van der Waals surface area contributed by atoms with E-state index in [4.69, 9.17) is 5.73 Å². The average molecular weight is 233 g/mol. The number of piperazine rings is 1. The maximum Gasteiger partial charge on any atom is 0.0359 e. The molecule has 0 bridgehead atoms. The molecule has 2 rings (SSSR count). The second-order valence-corrected chi connectivity index (χ2v) is 5.10. The minimum Gasteiger partial charge on any atom is -0.398 e. The van der Waals surface area contributed by atoms with Crippen LogP contribution in [0.15, 0.2) is 24.3 Å². The lowest BCUT2D eigenvalue weighted by Gasteiger charge is -2.37. The molecule has 0 aliphatic carbocycles. The molecule has 0 aromatic heterocycles. The van der Waals surface area contributed by atoms with Crippen LogP contribution in [0.25, 0.3) is 0 Å². The monoisotopic (exact) mass is 233 g/mol. The van der Waals surface area contributed by atoms with E-state index in [0.717, 1.165) is 25.3 Å². The second kappa shape index (κ2) is 5.52. The zero-order chi connectivity index (χ0) is 12.3. The molecule has 0 atom stereocenters. The van der Waals surface area contributed by atoms with Crippen molar-refractivity contribution >= 4 is 5.69 Å². The van der Waals surface area contributed by atoms with E-state index in [0.29, 0.717) is 6.04 Å². The summed E-state index contributed by atoms with van der Waals surface area (Å²) in [6, 6.07) is 8.84. The van der Waals surface area contributed by atoms with Gasteiger partial charge in [-0.2, -0.15) is 0 Å². The normalized spacial score (nSPS) is 18.8. The van der Waals surface area contributed by atoms with Crippen LogP contribution in [0.2, 0.25) is 0 Å². The highest BCUT2D eigenvalue weighted by molar-refractivity contribution is 5.46. The fourth-order valence-electron chi connectivity index (χ4n) is 2.36. The van der Waals surface area contributed by atoms with Crippen LogP contribution in [0.3, 0.4) is 0 Å². The van der Waals surface area contributed by atoms with Crippen LogP contribution in [0.1, 0.15) is 19.4 Å². The average Bonchev–Trinajstić information content (AvgIpc) is 2.33. The Kier molecular flexibility index (Phi) is 4.02. The number of nitrogen functional groups attached to an aromatic ring is 1. The molecule has 3 nitrogen and oxygen atoms in total. The summed E-state index contributed by atoms with van der Waals surface area (Å²) in [4.78, 5) is 5.02. The van der Waals surface area contributed by atoms with Gasteiger partial charge in [0, 0.05) is 44.5 Å². The van der Waals surface area contributed by atoms with E-state index in [9.17, 15) is 0 Å². The summed E-state index contributed by atoms with van der Waals surface area (Å²) in [5.74, 6) is 0. The van der Waals surface area contributed by atoms with Crippen molar-refractivity contribution in [3.63, 3.8) is 0 Å². The minimum absolute atomic E-state index is 0.666. The summed E-state index contributed by atoms with van der Waals surface area (Å²) < 4.78 is 0. The highest BCUT2D eigenvalue weighted by atomic mass is 15.3. The third kappa shape index (κ3) is 3.20. The van der Waals surface area contributed by atoms with Crippen molar-refractivity contribution < 1.29 is 0 Å². The van der Waals surface area contributed by atoms with Gasteiger partial charge >= 0.3 is 0 Å². The van der Waals surface area contributed by atoms with Crippen molar-refractivity contribution in [3.8, 4) is 0 Å². The Morgan fingerprint density at radius 1 is 1.12 bits per heavy atom. The molecule has 0 radical (unpaired) electrons. The summed E-state index contributed by atoms with van der Waals surface area (Å²) in [6.45, 7) is 10.2. The Labute approximate surface area is 104 Å². The van der Waals surface area contributed by atoms with Gasteiger partial charge in [0.05, 0.1) is 0 Å². The van der Waals surface area contributed by atoms with Crippen molar-refractivity contribution in [2.75, 3.05) is 31.9 Å². The molecule has 1 saturated heterocycles. The molecule has 2 N–H and O–H groups in total. The number of para-hydroxylation sites is 1. The molecule has 1 heterocycles. The molecular weight excluding hydrogens is 210 g/mol. The van der Waals surface area contributed by atoms with Gasteiger partial charge in [-0.1, -0.05) is 18.2 Å². The molecule has 1 aliphatic rings. The number of anilines is 1. The van der Waals surface area contributed by atoms with Gasteiger partial charge in [-0.3, -0.25) is 9.80 Å². The smallest absolute Gasteiger partial charge is 0.0359 e. The van der Waals surface area contributed by atoms with Gasteiger partial charge in [0.1, 0.15) is 0 Å². The summed E-state index contributed by atoms with van der Waals surface area (Å²) in [7, 11) is 0. The van der Waals surface area contributed by atoms with Crippen LogP contribution < -0.4 is 5.73 Å². The molecule has 0 unspecified atom stereocenters. The molecular formula is C14H23N3. The van der Waals surface area contributed by atoms with Crippen LogP contribution in [-0.2, 0) is 6.54 Å². The van der Waals surface area contributed by atoms with Gasteiger partial charge < -0.3 is 5.73 Å². The van der Waals surface area contributed by atoms with Crippen molar-refractivity contribution in [2.24, 2.45) is 0 Å². The zero-order valence-electron chi connectivity index (χ0n) is 10.9. The predicted octanol–water partition coefficient (Wildman–Crippen LogP) is 1.79. The van der Waals surface area contributed by atoms with E-state index < -0.39 is 0 Å². The Balaban J connectivity index is 1.88. The lowest BCUT2D eigenvalue weighted by Crippen LogP contribution is -2.48. The minimum atomic E-state index is 0.666. The fraction of sp³-hybridized carbons (Fsp3) is 0.571. The maximum atomic E-state index is 5.98. The first-order chi connectivity index (χ1) is 8.16. The van der Waals surface area contributed by atoms with Crippen LogP contribution >= 0.6 is 0 Å². The van der Waals surface area contributed by atoms with E-state index in [2.05, 4.69) is 35.8 Å². The number of hydrogen-bond donors (Lipinski definition) is 1. The van der Waals surface area contributed by atoms with Crippen molar-refractivity contribution in [2.45, 2.75) is 26.4 Å². The van der Waals surface area contributed by atoms with E-state index in [-0.39, 0.29) is 0 Å². The van der Waals surface area contributed by atoms with Crippen LogP contribution in [0.5, 0.6) is 0 Å². The zero-order valence-corrected chi connectivity index (χ0v) is 10.9. The largest absolute Gasteiger partial charge is 0.398 e. The first-order valence-corrected chi connectivity index (χ1v) is 6.46. The fourth-order valence-corrected chi connectivity index (χ4v) is 2.36. The number of hydrogen-bond acceptors (Lipinski definition) is 3. The number of benzene rings is 1. The van der Waals surface area contributed by atoms with E-state index in [1.807, 2.05) is 12.1 Å². The summed E-state index contributed by atoms with van der Waals surface area (Å²) in [6.07, 6.45) is 0. The Hall–Kier alpha value is -1.06. The molecule has 1 aromatic rings. The third-order valence-corrected chi connectivity index (χ3v) is 3.59. The van der Waals surface area contributed by atoms with Crippen LogP contribution in [0, 0.1) is 0 Å². The van der Waals surface area contributed by atoms with Crippen LogP contribution in [-0.4, -0.2) is 42.0 Å². The van der Waals surface area contributed by atoms with Crippen LogP contribution in [0.4, 0.5) is 5.69 Å². The Bertz CT molecular complexity index is 354. The highest BCUT2D eigenvalue weighted by Gasteiger charge is 2.18. The summed E-state index contributed by atoms with van der Waals surface area (Å²) in [5.41, 5.74) is 8.15. The molecule has 0 spiro atoms. The third-order valence-electron chi connectivity index (χ3n) is 3.59. The maximum absolute atomic E-state index is 5.98. The second-order valence-electron chi connectivity index (χ2n) is 5.10. The highest BCUT2D eigenvalue weighted by Crippen LogP contribution is 2.15. The first-order valence-electron chi connectivity index (χ1n) is 6.46. The molecule has 94 valence electrons. The Morgan fingerprint density at radius 3 is 2.35 bits per heavy atom. The Morgan fingerprint density at radius 2 is 1.76 bits per heavy atom. The van der Waals surface area contributed by atoms with E-state index >= 15 is 0 Å². The van der Waals surface area contributed by atoms with Gasteiger partial charge in [-0.15, -0.1) is 0 Å². The number of nitrogens with zero attached hydrogens (tertiary/aromatic N) is 2. The lowest BCUT2D eigenvalue weighted by atomic mass is 10.1. The predicted molar refractivity (Wildman–Crippen MR) is 72.8 cm³/mol. The number of rotatable bonds is 3. The topological polar surface area (TPSA) is 32.5 Å². The van der Waals surface area contributed by atoms with E-state index in [1.165, 1.54) is 18.7 Å². The molecule has 3 heteroatoms. The molecule has 1 aliphatic heterocycles. The quantitative estimate of drug-likeness (QED) is 0.808. The standard InChI is InChI=1S/C14H23N3/c1-12(2)17-9-7-16(8-10-17)11-13-5-3-4-6-14(13)15/h3-6,12H,7-11,15H2,1-2H3. The van der Waals surface area contributed by atoms with Gasteiger partial charge in [-0.25, -0.2) is 0 Å². The lowest BCUT2D eigenvalue weighted by molar-refractivity contribution is 0.104. The molecule has 0 saturated carbocycles. The van der Waals surface area contributed by atoms with Crippen molar-refractivity contribution in [1.29, 1.82) is 0 Å². The molecule has 17 heavy (non-hydrogen) atoms.